The van der Waals surface area contributed by atoms with Crippen LogP contribution >= 0.6 is 0 Å². The minimum atomic E-state index is -0.887. The highest BCUT2D eigenvalue weighted by Gasteiger charge is 2.53. The molecule has 2 amide bonds. The molecule has 1 aliphatic carbocycles. The van der Waals surface area contributed by atoms with E-state index in [1.807, 2.05) is 24.3 Å². The number of Topliss-reactive ketones (excluding diaryl/α,β-unsaturated/α-hetero) is 1. The van der Waals surface area contributed by atoms with Crippen molar-refractivity contribution in [3.63, 3.8) is 0 Å². The number of hydrogen-bond donors (Lipinski definition) is 2. The number of likely N-dealkylation sites (N-methyl/N-ethyl adjacent to an activating group) is 1. The van der Waals surface area contributed by atoms with Gasteiger partial charge in [-0.15, -0.1) is 0 Å². The number of fused-ring (bicyclic) bond motifs is 1. The summed E-state index contributed by atoms with van der Waals surface area (Å²) >= 11 is 0. The molecule has 2 N–H and O–H groups in total. The highest BCUT2D eigenvalue weighted by Crippen LogP contribution is 2.33. The fraction of sp³-hybridized carbons (Fsp3) is 0.640. The van der Waals surface area contributed by atoms with Gasteiger partial charge in [-0.25, -0.2) is 0 Å². The van der Waals surface area contributed by atoms with E-state index >= 15 is 0 Å². The molecule has 3 heterocycles. The molecular weight excluding hydrogens is 436 g/mol. The second-order valence-corrected chi connectivity index (χ2v) is 10.1. The number of ether oxygens (including phenoxy) is 1. The molecule has 1 saturated carbocycles. The van der Waals surface area contributed by atoms with E-state index in [0.717, 1.165) is 57.5 Å². The van der Waals surface area contributed by atoms with E-state index < -0.39 is 24.3 Å². The monoisotopic (exact) mass is 470 g/mol. The van der Waals surface area contributed by atoms with Crippen molar-refractivity contribution in [2.24, 2.45) is 5.92 Å². The molecule has 3 aliphatic heterocycles. The van der Waals surface area contributed by atoms with Gasteiger partial charge in [0.2, 0.25) is 5.91 Å². The first kappa shape index (κ1) is 23.3. The van der Waals surface area contributed by atoms with E-state index in [1.54, 1.807) is 0 Å². The summed E-state index contributed by atoms with van der Waals surface area (Å²) in [6, 6.07) is 6.06. The zero-order valence-electron chi connectivity index (χ0n) is 19.7. The normalized spacial score (nSPS) is 28.9. The van der Waals surface area contributed by atoms with Gasteiger partial charge in [0.25, 0.3) is 5.91 Å². The summed E-state index contributed by atoms with van der Waals surface area (Å²) in [7, 11) is 2.12. The van der Waals surface area contributed by atoms with Crippen molar-refractivity contribution < 1.29 is 24.2 Å². The molecule has 0 radical (unpaired) electrons. The van der Waals surface area contributed by atoms with Gasteiger partial charge in [0.05, 0.1) is 6.54 Å². The minimum Gasteiger partial charge on any atom is -0.388 e. The molecule has 1 aromatic rings. The van der Waals surface area contributed by atoms with Crippen molar-refractivity contribution >= 4 is 23.3 Å². The van der Waals surface area contributed by atoms with Crippen molar-refractivity contribution in [2.75, 3.05) is 51.3 Å². The predicted octanol–water partition coefficient (Wildman–Crippen LogP) is 0.267. The van der Waals surface area contributed by atoms with Gasteiger partial charge in [-0.1, -0.05) is 12.8 Å². The molecule has 34 heavy (non-hydrogen) atoms. The SMILES string of the molecule is CN1CCN(c2ccc(C(=O)N[C@H](C(=O)N3C[C@@H](O)[C@H]4OCC(=O)[C@H]43)C3CCCC3)cc2)CC1. The van der Waals surface area contributed by atoms with Crippen LogP contribution in [0.5, 0.6) is 0 Å². The Morgan fingerprint density at radius 3 is 2.44 bits per heavy atom. The largest absolute Gasteiger partial charge is 0.388 e. The van der Waals surface area contributed by atoms with Gasteiger partial charge in [0, 0.05) is 37.4 Å². The maximum atomic E-state index is 13.6. The van der Waals surface area contributed by atoms with Crippen molar-refractivity contribution in [2.45, 2.75) is 50.0 Å². The van der Waals surface area contributed by atoms with Crippen LogP contribution in [0.25, 0.3) is 0 Å². The van der Waals surface area contributed by atoms with E-state index in [9.17, 15) is 19.5 Å². The van der Waals surface area contributed by atoms with Crippen LogP contribution in [-0.2, 0) is 14.3 Å². The van der Waals surface area contributed by atoms with E-state index in [0.29, 0.717) is 5.56 Å². The highest BCUT2D eigenvalue weighted by molar-refractivity contribution is 5.99. The number of amides is 2. The van der Waals surface area contributed by atoms with Crippen molar-refractivity contribution in [3.8, 4) is 0 Å². The molecule has 0 bridgehead atoms. The van der Waals surface area contributed by atoms with Crippen LogP contribution < -0.4 is 10.2 Å². The summed E-state index contributed by atoms with van der Waals surface area (Å²) in [4.78, 5) is 45.2. The first-order valence-corrected chi connectivity index (χ1v) is 12.4. The average molecular weight is 471 g/mol. The van der Waals surface area contributed by atoms with Gasteiger partial charge in [0.15, 0.2) is 5.78 Å². The Kier molecular flexibility index (Phi) is 6.59. The quantitative estimate of drug-likeness (QED) is 0.637. The van der Waals surface area contributed by atoms with Gasteiger partial charge in [0.1, 0.15) is 30.9 Å². The standard InChI is InChI=1S/C25H34N4O5/c1-27-10-12-28(13-11-27)18-8-6-17(7-9-18)24(32)26-21(16-4-2-3-5-16)25(33)29-14-19(30)23-22(29)20(31)15-34-23/h6-9,16,19,21-23,30H,2-5,10-15H2,1H3,(H,26,32)/t19-,21+,22-,23-/m1/s1. The lowest BCUT2D eigenvalue weighted by atomic mass is 9.95. The lowest BCUT2D eigenvalue weighted by molar-refractivity contribution is -0.139. The fourth-order valence-corrected chi connectivity index (χ4v) is 5.82. The first-order valence-electron chi connectivity index (χ1n) is 12.4. The Morgan fingerprint density at radius 2 is 1.76 bits per heavy atom. The number of hydrogen-bond acceptors (Lipinski definition) is 7. The smallest absolute Gasteiger partial charge is 0.251 e. The summed E-state index contributed by atoms with van der Waals surface area (Å²) in [6.07, 6.45) is 2.18. The summed E-state index contributed by atoms with van der Waals surface area (Å²) in [6.45, 7) is 3.89. The van der Waals surface area contributed by atoms with Crippen LogP contribution in [0.1, 0.15) is 36.0 Å². The summed E-state index contributed by atoms with van der Waals surface area (Å²) in [5, 5.41) is 13.3. The van der Waals surface area contributed by atoms with Crippen LogP contribution in [0.4, 0.5) is 5.69 Å². The number of nitrogens with zero attached hydrogens (tertiary/aromatic N) is 3. The Morgan fingerprint density at radius 1 is 1.09 bits per heavy atom. The van der Waals surface area contributed by atoms with E-state index in [2.05, 4.69) is 22.2 Å². The van der Waals surface area contributed by atoms with E-state index in [-0.39, 0.29) is 36.7 Å². The number of benzene rings is 1. The number of aliphatic hydroxyl groups is 1. The number of anilines is 1. The lowest BCUT2D eigenvalue weighted by Crippen LogP contribution is -2.54. The number of carbonyl (C=O) groups excluding carboxylic acids is 3. The van der Waals surface area contributed by atoms with Gasteiger partial charge in [-0.3, -0.25) is 14.4 Å². The van der Waals surface area contributed by atoms with Gasteiger partial charge >= 0.3 is 0 Å². The maximum absolute atomic E-state index is 13.6. The molecule has 0 unspecified atom stereocenters. The second kappa shape index (κ2) is 9.64. The number of piperazine rings is 1. The molecule has 3 saturated heterocycles. The van der Waals surface area contributed by atoms with Crippen molar-refractivity contribution in [1.29, 1.82) is 0 Å². The number of carbonyl (C=O) groups is 3. The van der Waals surface area contributed by atoms with Crippen LogP contribution in [0.15, 0.2) is 24.3 Å². The van der Waals surface area contributed by atoms with Crippen molar-refractivity contribution in [1.82, 2.24) is 15.1 Å². The predicted molar refractivity (Wildman–Crippen MR) is 126 cm³/mol. The molecule has 1 aromatic carbocycles. The van der Waals surface area contributed by atoms with Crippen molar-refractivity contribution in [3.05, 3.63) is 29.8 Å². The second-order valence-electron chi connectivity index (χ2n) is 10.1. The number of β-amino-alcohol motifs (C(OH)–C–C–N with tert-alkyl or cyclic N) is 1. The van der Waals surface area contributed by atoms with Crippen LogP contribution in [0, 0.1) is 5.92 Å². The third-order valence-corrected chi connectivity index (χ3v) is 7.86. The third-order valence-electron chi connectivity index (χ3n) is 7.86. The maximum Gasteiger partial charge on any atom is 0.251 e. The molecule has 0 aromatic heterocycles. The van der Waals surface area contributed by atoms with Crippen LogP contribution in [0.3, 0.4) is 0 Å². The Bertz CT molecular complexity index is 924. The summed E-state index contributed by atoms with van der Waals surface area (Å²) in [5.74, 6) is -0.749. The number of nitrogens with one attached hydrogen (secondary N) is 1. The van der Waals surface area contributed by atoms with Crippen LogP contribution in [0.2, 0.25) is 0 Å². The summed E-state index contributed by atoms with van der Waals surface area (Å²) < 4.78 is 5.42. The van der Waals surface area contributed by atoms with Gasteiger partial charge < -0.3 is 29.9 Å². The number of ketones is 1. The lowest BCUT2D eigenvalue weighted by Gasteiger charge is -2.34. The fourth-order valence-electron chi connectivity index (χ4n) is 5.82. The average Bonchev–Trinajstić information content (AvgIpc) is 3.58. The molecule has 0 spiro atoms. The Labute approximate surface area is 200 Å². The number of likely N-dealkylation sites (tertiary alicyclic amines) is 1. The van der Waals surface area contributed by atoms with Gasteiger partial charge in [-0.05, 0) is 50.1 Å². The molecule has 9 heteroatoms. The summed E-state index contributed by atoms with van der Waals surface area (Å²) in [5.41, 5.74) is 1.60. The number of rotatable bonds is 5. The zero-order valence-corrected chi connectivity index (χ0v) is 19.7. The van der Waals surface area contributed by atoms with Gasteiger partial charge in [-0.2, -0.15) is 0 Å². The minimum absolute atomic E-state index is 0.0229. The molecular formula is C25H34N4O5. The Hall–Kier alpha value is -2.49. The number of aliphatic hydroxyl groups excluding tert-OH is 1. The molecule has 9 nitrogen and oxygen atoms in total. The zero-order chi connectivity index (χ0) is 23.8. The molecule has 184 valence electrons. The topological polar surface area (TPSA) is 102 Å². The molecule has 4 atom stereocenters. The third kappa shape index (κ3) is 4.44. The molecule has 4 fully saturated rings. The van der Waals surface area contributed by atoms with E-state index in [4.69, 9.17) is 4.74 Å². The first-order chi connectivity index (χ1) is 16.4. The van der Waals surface area contributed by atoms with Crippen LogP contribution in [-0.4, -0.2) is 103 Å². The molecule has 5 rings (SSSR count). The highest BCUT2D eigenvalue weighted by atomic mass is 16.5. The molecule has 4 aliphatic rings. The van der Waals surface area contributed by atoms with E-state index in [1.165, 1.54) is 4.90 Å². The Balaban J connectivity index is 1.30.